The number of hydrogen-bond donors (Lipinski definition) is 3. The van der Waals surface area contributed by atoms with Gasteiger partial charge in [0.2, 0.25) is 15.9 Å². The van der Waals surface area contributed by atoms with Crippen molar-refractivity contribution in [2.24, 2.45) is 5.92 Å². The summed E-state index contributed by atoms with van der Waals surface area (Å²) < 4.78 is 31.1. The van der Waals surface area contributed by atoms with E-state index in [0.29, 0.717) is 30.1 Å². The van der Waals surface area contributed by atoms with E-state index in [1.54, 1.807) is 12.1 Å². The topological polar surface area (TPSA) is 114 Å². The second kappa shape index (κ2) is 8.37. The number of anilines is 1. The van der Waals surface area contributed by atoms with E-state index < -0.39 is 22.5 Å². The van der Waals surface area contributed by atoms with Crippen LogP contribution in [0.25, 0.3) is 0 Å². The number of carbonyl (C=O) groups excluding carboxylic acids is 2. The minimum atomic E-state index is -3.87. The van der Waals surface area contributed by atoms with Gasteiger partial charge in [-0.05, 0) is 49.8 Å². The largest absolute Gasteiger partial charge is 0.468 e. The quantitative estimate of drug-likeness (QED) is 0.594. The number of sulfonamides is 1. The van der Waals surface area contributed by atoms with Crippen molar-refractivity contribution in [3.05, 3.63) is 24.3 Å². The average molecular weight is 395 g/mol. The zero-order valence-corrected chi connectivity index (χ0v) is 16.1. The van der Waals surface area contributed by atoms with Gasteiger partial charge in [-0.15, -0.1) is 0 Å². The smallest absolute Gasteiger partial charge is 0.320 e. The number of methoxy groups -OCH3 is 1. The molecule has 27 heavy (non-hydrogen) atoms. The van der Waals surface area contributed by atoms with Crippen molar-refractivity contribution < 1.29 is 22.7 Å². The summed E-state index contributed by atoms with van der Waals surface area (Å²) in [5.74, 6) is -0.435. The van der Waals surface area contributed by atoms with E-state index >= 15 is 0 Å². The molecule has 3 N–H and O–H groups in total. The van der Waals surface area contributed by atoms with Crippen LogP contribution in [0.1, 0.15) is 32.1 Å². The molecule has 1 aromatic rings. The molecule has 1 aromatic carbocycles. The zero-order valence-electron chi connectivity index (χ0n) is 15.2. The summed E-state index contributed by atoms with van der Waals surface area (Å²) in [4.78, 5) is 23.5. The number of rotatable bonds is 7. The Bertz CT molecular complexity index is 799. The maximum absolute atomic E-state index is 12.4. The van der Waals surface area contributed by atoms with Crippen LogP contribution in [-0.2, 0) is 24.3 Å². The predicted octanol–water partition coefficient (Wildman–Crippen LogP) is 0.997. The van der Waals surface area contributed by atoms with Crippen LogP contribution >= 0.6 is 0 Å². The summed E-state index contributed by atoms with van der Waals surface area (Å²) in [7, 11) is -2.69. The van der Waals surface area contributed by atoms with Gasteiger partial charge in [-0.2, -0.15) is 4.72 Å². The van der Waals surface area contributed by atoms with Gasteiger partial charge in [-0.1, -0.05) is 6.07 Å². The molecule has 1 amide bonds. The first kappa shape index (κ1) is 19.8. The lowest BCUT2D eigenvalue weighted by Gasteiger charge is -2.28. The molecule has 8 nitrogen and oxygen atoms in total. The first-order valence-corrected chi connectivity index (χ1v) is 10.6. The van der Waals surface area contributed by atoms with E-state index in [9.17, 15) is 18.0 Å². The standard InChI is InChI=1S/C18H25N3O5S/c1-26-18(23)11-19-27(24,25)16-4-2-3-13(10-16)21-17(22)9-12-7-14-5-6-15(8-12)20-14/h2-4,10,12,14-15,19-20H,5-9,11H2,1H3,(H,21,22). The number of benzene rings is 1. The van der Waals surface area contributed by atoms with Crippen molar-refractivity contribution in [2.45, 2.75) is 49.1 Å². The van der Waals surface area contributed by atoms with Crippen LogP contribution in [0.5, 0.6) is 0 Å². The summed E-state index contributed by atoms with van der Waals surface area (Å²) in [6.45, 7) is -0.451. The first-order chi connectivity index (χ1) is 12.9. The molecular weight excluding hydrogens is 370 g/mol. The molecule has 0 spiro atoms. The molecule has 0 radical (unpaired) electrons. The van der Waals surface area contributed by atoms with Crippen LogP contribution in [0.15, 0.2) is 29.2 Å². The highest BCUT2D eigenvalue weighted by molar-refractivity contribution is 7.89. The van der Waals surface area contributed by atoms with E-state index in [1.807, 2.05) is 0 Å². The maximum atomic E-state index is 12.4. The molecule has 2 aliphatic rings. The highest BCUT2D eigenvalue weighted by atomic mass is 32.2. The molecule has 0 aliphatic carbocycles. The minimum absolute atomic E-state index is 0.0240. The molecule has 2 unspecified atom stereocenters. The molecular formula is C18H25N3O5S. The predicted molar refractivity (Wildman–Crippen MR) is 99.6 cm³/mol. The molecule has 2 aliphatic heterocycles. The normalized spacial score (nSPS) is 24.4. The maximum Gasteiger partial charge on any atom is 0.320 e. The van der Waals surface area contributed by atoms with Gasteiger partial charge in [0, 0.05) is 24.2 Å². The molecule has 0 aromatic heterocycles. The van der Waals surface area contributed by atoms with Gasteiger partial charge in [0.25, 0.3) is 0 Å². The van der Waals surface area contributed by atoms with E-state index in [4.69, 9.17) is 0 Å². The SMILES string of the molecule is COC(=O)CNS(=O)(=O)c1cccc(NC(=O)CC2CC3CCC(C2)N3)c1. The molecule has 3 rings (SSSR count). The van der Waals surface area contributed by atoms with Gasteiger partial charge in [0.05, 0.1) is 12.0 Å². The summed E-state index contributed by atoms with van der Waals surface area (Å²) in [6.07, 6.45) is 4.82. The van der Waals surface area contributed by atoms with Crippen LogP contribution in [0.2, 0.25) is 0 Å². The Balaban J connectivity index is 1.58. The third kappa shape index (κ3) is 5.27. The van der Waals surface area contributed by atoms with Crippen LogP contribution in [-0.4, -0.2) is 46.0 Å². The van der Waals surface area contributed by atoms with Crippen LogP contribution < -0.4 is 15.4 Å². The number of ether oxygens (including phenoxy) is 1. The number of carbonyl (C=O) groups is 2. The number of piperidine rings is 1. The summed E-state index contributed by atoms with van der Waals surface area (Å²) >= 11 is 0. The summed E-state index contributed by atoms with van der Waals surface area (Å²) in [5.41, 5.74) is 0.415. The van der Waals surface area contributed by atoms with E-state index in [2.05, 4.69) is 20.1 Å². The Morgan fingerprint density at radius 3 is 2.59 bits per heavy atom. The minimum Gasteiger partial charge on any atom is -0.468 e. The van der Waals surface area contributed by atoms with Gasteiger partial charge < -0.3 is 15.4 Å². The van der Waals surface area contributed by atoms with Crippen molar-refractivity contribution >= 4 is 27.6 Å². The zero-order chi connectivity index (χ0) is 19.4. The third-order valence-electron chi connectivity index (χ3n) is 5.11. The first-order valence-electron chi connectivity index (χ1n) is 9.08. The monoisotopic (exact) mass is 395 g/mol. The van der Waals surface area contributed by atoms with Gasteiger partial charge in [-0.3, -0.25) is 9.59 Å². The summed E-state index contributed by atoms with van der Waals surface area (Å²) in [5, 5.41) is 6.34. The lowest BCUT2D eigenvalue weighted by Crippen LogP contribution is -2.39. The van der Waals surface area contributed by atoms with Crippen molar-refractivity contribution in [3.63, 3.8) is 0 Å². The second-order valence-corrected chi connectivity index (χ2v) is 8.92. The van der Waals surface area contributed by atoms with E-state index in [-0.39, 0.29) is 10.8 Å². The molecule has 9 heteroatoms. The molecule has 148 valence electrons. The summed E-state index contributed by atoms with van der Waals surface area (Å²) in [6, 6.07) is 7.02. The van der Waals surface area contributed by atoms with Crippen LogP contribution in [0.3, 0.4) is 0 Å². The number of hydrogen-bond acceptors (Lipinski definition) is 6. The fourth-order valence-electron chi connectivity index (χ4n) is 3.87. The Morgan fingerprint density at radius 2 is 1.93 bits per heavy atom. The second-order valence-electron chi connectivity index (χ2n) is 7.16. The lowest BCUT2D eigenvalue weighted by atomic mass is 9.89. The van der Waals surface area contributed by atoms with Gasteiger partial charge in [0.15, 0.2) is 0 Å². The van der Waals surface area contributed by atoms with E-state index in [1.165, 1.54) is 32.1 Å². The molecule has 2 saturated heterocycles. The molecule has 0 saturated carbocycles. The van der Waals surface area contributed by atoms with Gasteiger partial charge in [-0.25, -0.2) is 8.42 Å². The van der Waals surface area contributed by atoms with Crippen molar-refractivity contribution in [1.29, 1.82) is 0 Å². The third-order valence-corrected chi connectivity index (χ3v) is 6.51. The highest BCUT2D eigenvalue weighted by Gasteiger charge is 2.34. The van der Waals surface area contributed by atoms with Crippen LogP contribution in [0, 0.1) is 5.92 Å². The Labute approximate surface area is 159 Å². The molecule has 2 atom stereocenters. The molecule has 2 bridgehead atoms. The molecule has 2 heterocycles. The van der Waals surface area contributed by atoms with Crippen molar-refractivity contribution in [2.75, 3.05) is 19.0 Å². The molecule has 2 fully saturated rings. The highest BCUT2D eigenvalue weighted by Crippen LogP contribution is 2.32. The van der Waals surface area contributed by atoms with Crippen molar-refractivity contribution in [1.82, 2.24) is 10.0 Å². The lowest BCUT2D eigenvalue weighted by molar-refractivity contribution is -0.139. The number of esters is 1. The number of nitrogens with one attached hydrogen (secondary N) is 3. The Hall–Kier alpha value is -1.97. The van der Waals surface area contributed by atoms with Crippen LogP contribution in [0.4, 0.5) is 5.69 Å². The average Bonchev–Trinajstić information content (AvgIpc) is 2.98. The van der Waals surface area contributed by atoms with Gasteiger partial charge >= 0.3 is 5.97 Å². The fourth-order valence-corrected chi connectivity index (χ4v) is 4.88. The number of amides is 1. The van der Waals surface area contributed by atoms with Gasteiger partial charge in [0.1, 0.15) is 6.54 Å². The fraction of sp³-hybridized carbons (Fsp3) is 0.556. The van der Waals surface area contributed by atoms with E-state index in [0.717, 1.165) is 12.8 Å². The van der Waals surface area contributed by atoms with Crippen molar-refractivity contribution in [3.8, 4) is 0 Å². The Kier molecular flexibility index (Phi) is 6.13. The number of fused-ring (bicyclic) bond motifs is 2. The Morgan fingerprint density at radius 1 is 1.22 bits per heavy atom.